The van der Waals surface area contributed by atoms with Crippen LogP contribution in [0.2, 0.25) is 0 Å². The van der Waals surface area contributed by atoms with Crippen molar-refractivity contribution in [1.82, 2.24) is 24.9 Å². The lowest BCUT2D eigenvalue weighted by molar-refractivity contribution is -0.143. The molecule has 0 aliphatic carbocycles. The quantitative estimate of drug-likeness (QED) is 0.507. The zero-order valence-electron chi connectivity index (χ0n) is 26.8. The third kappa shape index (κ3) is 7.61. The molecule has 0 unspecified atom stereocenters. The summed E-state index contributed by atoms with van der Waals surface area (Å²) in [5, 5.41) is 6.49. The van der Waals surface area contributed by atoms with Crippen molar-refractivity contribution in [3.05, 3.63) is 64.7 Å². The lowest BCUT2D eigenvalue weighted by Gasteiger charge is -2.41. The number of nitrogens with one attached hydrogen (secondary N) is 2. The molecular weight excluding hydrogens is 568 g/mol. The molecule has 2 aromatic rings. The molecule has 4 amide bonds. The zero-order valence-corrected chi connectivity index (χ0v) is 26.8. The van der Waals surface area contributed by atoms with Crippen LogP contribution in [0.4, 0.5) is 15.3 Å². The number of hydrogen-bond acceptors (Lipinski definition) is 6. The van der Waals surface area contributed by atoms with E-state index in [1.54, 1.807) is 4.90 Å². The Bertz CT molecular complexity index is 1350. The monoisotopic (exact) mass is 618 g/mol. The molecule has 3 fully saturated rings. The number of aryl methyl sites for hydroxylation is 2. The van der Waals surface area contributed by atoms with Crippen molar-refractivity contribution < 1.29 is 20.5 Å². The molecular formula is C35H50N6O4. The first-order valence-electron chi connectivity index (χ1n) is 16.8. The topological polar surface area (TPSA) is 97.5 Å². The molecule has 4 aliphatic heterocycles. The summed E-state index contributed by atoms with van der Waals surface area (Å²) >= 11 is 0. The minimum atomic E-state index is -0.878. The highest BCUT2D eigenvalue weighted by Gasteiger charge is 2.36. The van der Waals surface area contributed by atoms with Gasteiger partial charge in [0.1, 0.15) is 0 Å². The van der Waals surface area contributed by atoms with Gasteiger partial charge in [-0.2, -0.15) is 0 Å². The summed E-state index contributed by atoms with van der Waals surface area (Å²) in [7, 11) is 0. The molecule has 6 rings (SSSR count). The summed E-state index contributed by atoms with van der Waals surface area (Å²) in [5.41, 5.74) is 5.26. The third-order valence-corrected chi connectivity index (χ3v) is 9.98. The highest BCUT2D eigenvalue weighted by atomic mass is 16.6. The van der Waals surface area contributed by atoms with Crippen LogP contribution in [0.3, 0.4) is 0 Å². The van der Waals surface area contributed by atoms with Crippen LogP contribution in [0.15, 0.2) is 42.5 Å². The van der Waals surface area contributed by atoms with E-state index in [2.05, 4.69) is 39.8 Å². The second kappa shape index (κ2) is 14.2. The van der Waals surface area contributed by atoms with Crippen molar-refractivity contribution in [2.75, 3.05) is 64.2 Å². The van der Waals surface area contributed by atoms with Gasteiger partial charge in [-0.15, -0.1) is 0 Å². The molecule has 4 aliphatic rings. The number of carbonyl (C=O) groups is 3. The maximum Gasteiger partial charge on any atom is 0.410 e. The van der Waals surface area contributed by atoms with E-state index in [4.69, 9.17) is 4.74 Å². The van der Waals surface area contributed by atoms with E-state index in [1.807, 2.05) is 41.8 Å². The van der Waals surface area contributed by atoms with Crippen LogP contribution in [0.25, 0.3) is 0 Å². The fourth-order valence-corrected chi connectivity index (χ4v) is 7.56. The summed E-state index contributed by atoms with van der Waals surface area (Å²) in [6, 6.07) is 14.7. The Kier molecular flexibility index (Phi) is 9.90. The van der Waals surface area contributed by atoms with Crippen LogP contribution in [0.5, 0.6) is 0 Å². The molecule has 4 heterocycles. The molecule has 2 N–H and O–H groups in total. The predicted molar refractivity (Wildman–Crippen MR) is 177 cm³/mol. The maximum absolute atomic E-state index is 13.9. The smallest absolute Gasteiger partial charge is 0.410 e. The van der Waals surface area contributed by atoms with Crippen LogP contribution >= 0.6 is 0 Å². The van der Waals surface area contributed by atoms with Gasteiger partial charge < -0.3 is 30.1 Å². The third-order valence-electron chi connectivity index (χ3n) is 9.98. The van der Waals surface area contributed by atoms with Gasteiger partial charge in [-0.05, 0) is 76.2 Å². The number of likely N-dealkylation sites (tertiary alicyclic amines) is 1. The number of rotatable bonds is 6. The minimum absolute atomic E-state index is 0. The van der Waals surface area contributed by atoms with Crippen LogP contribution < -0.4 is 10.6 Å². The largest absolute Gasteiger partial charge is 0.436 e. The lowest BCUT2D eigenvalue weighted by atomic mass is 10.0. The summed E-state index contributed by atoms with van der Waals surface area (Å²) in [6.45, 7) is 10.8. The fourth-order valence-electron chi connectivity index (χ4n) is 7.56. The van der Waals surface area contributed by atoms with Gasteiger partial charge in [0.15, 0.2) is 6.10 Å². The molecule has 45 heavy (non-hydrogen) atoms. The van der Waals surface area contributed by atoms with E-state index in [1.165, 1.54) is 0 Å². The van der Waals surface area contributed by atoms with E-state index in [0.717, 1.165) is 73.4 Å². The van der Waals surface area contributed by atoms with Crippen LogP contribution in [-0.2, 0) is 22.4 Å². The Morgan fingerprint density at radius 1 is 0.867 bits per heavy atom. The van der Waals surface area contributed by atoms with Gasteiger partial charge in [0.05, 0.1) is 0 Å². The number of amides is 4. The molecule has 0 bridgehead atoms. The lowest BCUT2D eigenvalue weighted by Crippen LogP contribution is -2.56. The normalized spacial score (nSPS) is 21.1. The molecule has 10 heteroatoms. The van der Waals surface area contributed by atoms with Crippen molar-refractivity contribution in [3.63, 3.8) is 0 Å². The number of carbonyl (C=O) groups excluding carboxylic acids is 3. The molecule has 3 saturated heterocycles. The number of piperidine rings is 2. The number of hydrogen-bond donors (Lipinski definition) is 2. The van der Waals surface area contributed by atoms with Gasteiger partial charge in [0, 0.05) is 71.4 Å². The average Bonchev–Trinajstić information content (AvgIpc) is 3.22. The van der Waals surface area contributed by atoms with Gasteiger partial charge in [0.2, 0.25) is 0 Å². The number of piperazine rings is 1. The first-order chi connectivity index (χ1) is 21.8. The summed E-state index contributed by atoms with van der Waals surface area (Å²) in [5.74, 6) is -0.108. The molecule has 0 radical (unpaired) electrons. The number of para-hydroxylation sites is 1. The van der Waals surface area contributed by atoms with E-state index < -0.39 is 12.2 Å². The standard InChI is InChI=1S/C35H48N6O4.H2/c1-25-21-26(2)23-27(22-25)24-32(33(42)39-19-17-38(18-20-39)29-7-12-36-13-8-29)45-35(44)40-14-10-30(11-15-40)41-16-9-28-5-3-4-6-31(28)37-34(41)43;/h3-6,21-23,29-30,32,36H,7-20,24H2,1-2H3,(H,37,43);1H/t32-;/m1./s1. The average molecular weight is 619 g/mol. The Balaban J connectivity index is 0.00000417. The van der Waals surface area contributed by atoms with Crippen molar-refractivity contribution in [3.8, 4) is 0 Å². The summed E-state index contributed by atoms with van der Waals surface area (Å²) < 4.78 is 6.08. The van der Waals surface area contributed by atoms with Crippen LogP contribution in [0.1, 0.15) is 49.4 Å². The Hall–Kier alpha value is -3.63. The van der Waals surface area contributed by atoms with Gasteiger partial charge >= 0.3 is 12.1 Å². The van der Waals surface area contributed by atoms with Crippen molar-refractivity contribution >= 4 is 23.7 Å². The second-order valence-electron chi connectivity index (χ2n) is 13.2. The van der Waals surface area contributed by atoms with Gasteiger partial charge in [0.25, 0.3) is 5.91 Å². The number of urea groups is 1. The highest BCUT2D eigenvalue weighted by molar-refractivity contribution is 5.91. The van der Waals surface area contributed by atoms with Gasteiger partial charge in [-0.1, -0.05) is 47.5 Å². The first-order valence-corrected chi connectivity index (χ1v) is 16.8. The Morgan fingerprint density at radius 2 is 1.56 bits per heavy atom. The highest BCUT2D eigenvalue weighted by Crippen LogP contribution is 2.25. The predicted octanol–water partition coefficient (Wildman–Crippen LogP) is 4.05. The van der Waals surface area contributed by atoms with E-state index in [-0.39, 0.29) is 19.4 Å². The first kappa shape index (κ1) is 31.4. The number of nitrogens with zero attached hydrogens (tertiary/aromatic N) is 4. The molecule has 0 spiro atoms. The molecule has 244 valence electrons. The van der Waals surface area contributed by atoms with Gasteiger partial charge in [-0.25, -0.2) is 9.59 Å². The van der Waals surface area contributed by atoms with Gasteiger partial charge in [-0.3, -0.25) is 9.69 Å². The number of ether oxygens (including phenoxy) is 1. The second-order valence-corrected chi connectivity index (χ2v) is 13.2. The number of benzene rings is 2. The van der Waals surface area contributed by atoms with E-state index in [9.17, 15) is 14.4 Å². The number of anilines is 1. The SMILES string of the molecule is Cc1cc(C)cc(C[C@@H](OC(=O)N2CCC(N3CCc4ccccc4NC3=O)CC2)C(=O)N2CCN(C3CCNCC3)CC2)c1.[HH]. The molecule has 10 nitrogen and oxygen atoms in total. The van der Waals surface area contributed by atoms with Crippen molar-refractivity contribution in [2.45, 2.75) is 70.6 Å². The Labute approximate surface area is 268 Å². The molecule has 0 saturated carbocycles. The summed E-state index contributed by atoms with van der Waals surface area (Å²) in [4.78, 5) is 48.6. The fraction of sp³-hybridized carbons (Fsp3) is 0.571. The van der Waals surface area contributed by atoms with Crippen LogP contribution in [0, 0.1) is 13.8 Å². The van der Waals surface area contributed by atoms with E-state index in [0.29, 0.717) is 58.0 Å². The van der Waals surface area contributed by atoms with Crippen molar-refractivity contribution in [1.29, 1.82) is 0 Å². The Morgan fingerprint density at radius 3 is 2.27 bits per heavy atom. The van der Waals surface area contributed by atoms with Crippen molar-refractivity contribution in [2.24, 2.45) is 0 Å². The molecule has 2 aromatic carbocycles. The summed E-state index contributed by atoms with van der Waals surface area (Å²) in [6.07, 6.45) is 3.47. The van der Waals surface area contributed by atoms with Crippen LogP contribution in [-0.4, -0.2) is 115 Å². The molecule has 0 aromatic heterocycles. The van der Waals surface area contributed by atoms with E-state index >= 15 is 0 Å². The number of fused-ring (bicyclic) bond motifs is 1. The minimum Gasteiger partial charge on any atom is -0.436 e. The zero-order chi connectivity index (χ0) is 31.3. The molecule has 1 atom stereocenters. The maximum atomic E-state index is 13.9.